The minimum Gasteiger partial charge on any atom is -0.445 e. The van der Waals surface area contributed by atoms with E-state index in [4.69, 9.17) is 16.3 Å². The first-order valence-electron chi connectivity index (χ1n) is 7.71. The molecule has 0 saturated heterocycles. The summed E-state index contributed by atoms with van der Waals surface area (Å²) >= 11 is 5.99. The molecule has 0 aliphatic rings. The number of nitrogens with zero attached hydrogens (tertiary/aromatic N) is 3. The molecule has 0 saturated carbocycles. The summed E-state index contributed by atoms with van der Waals surface area (Å²) in [5, 5.41) is 29.7. The largest absolute Gasteiger partial charge is 0.445 e. The van der Waals surface area contributed by atoms with E-state index in [1.807, 2.05) is 30.3 Å². The number of aliphatic hydroxyl groups is 2. The van der Waals surface area contributed by atoms with Crippen molar-refractivity contribution in [1.29, 1.82) is 0 Å². The molecule has 0 radical (unpaired) electrons. The molecule has 2 aromatic heterocycles. The molecule has 3 aromatic rings. The second-order valence-corrected chi connectivity index (χ2v) is 5.81. The SMILES string of the molecule is O=C(NCC(O)C(O)c1[nH]nc2ncnc(Cl)c12)OCc1ccccc1. The van der Waals surface area contributed by atoms with E-state index in [0.717, 1.165) is 5.56 Å². The Hall–Kier alpha value is -2.75. The lowest BCUT2D eigenvalue weighted by molar-refractivity contribution is 0.0167. The second kappa shape index (κ2) is 8.09. The van der Waals surface area contributed by atoms with Gasteiger partial charge < -0.3 is 20.3 Å². The smallest absolute Gasteiger partial charge is 0.407 e. The summed E-state index contributed by atoms with van der Waals surface area (Å²) in [5.41, 5.74) is 1.26. The van der Waals surface area contributed by atoms with Crippen molar-refractivity contribution >= 4 is 28.7 Å². The third kappa shape index (κ3) is 4.07. The standard InChI is InChI=1S/C16H16ClN5O4/c17-14-11-12(21-22-15(11)20-8-19-14)13(24)10(23)6-18-16(25)26-7-9-4-2-1-3-5-9/h1-5,8,10,13,23-24H,6-7H2,(H,18,25)(H,19,20,21,22). The van der Waals surface area contributed by atoms with Gasteiger partial charge >= 0.3 is 6.09 Å². The number of H-pyrrole nitrogens is 1. The van der Waals surface area contributed by atoms with Crippen molar-refractivity contribution < 1.29 is 19.7 Å². The molecule has 0 bridgehead atoms. The van der Waals surface area contributed by atoms with Crippen LogP contribution in [0.4, 0.5) is 4.79 Å². The first-order chi connectivity index (χ1) is 12.6. The lowest BCUT2D eigenvalue weighted by Crippen LogP contribution is -2.36. The predicted molar refractivity (Wildman–Crippen MR) is 92.3 cm³/mol. The fourth-order valence-electron chi connectivity index (χ4n) is 2.32. The summed E-state index contributed by atoms with van der Waals surface area (Å²) in [4.78, 5) is 19.4. The van der Waals surface area contributed by atoms with Gasteiger partial charge in [-0.1, -0.05) is 41.9 Å². The highest BCUT2D eigenvalue weighted by Crippen LogP contribution is 2.27. The molecule has 2 atom stereocenters. The second-order valence-electron chi connectivity index (χ2n) is 5.46. The third-order valence-corrected chi connectivity index (χ3v) is 3.95. The molecule has 1 aromatic carbocycles. The molecule has 2 unspecified atom stereocenters. The summed E-state index contributed by atoms with van der Waals surface area (Å²) in [5.74, 6) is 0. The topological polar surface area (TPSA) is 133 Å². The van der Waals surface area contributed by atoms with Crippen LogP contribution in [-0.4, -0.2) is 49.1 Å². The van der Waals surface area contributed by atoms with Crippen LogP contribution in [0.5, 0.6) is 0 Å². The van der Waals surface area contributed by atoms with Crippen LogP contribution in [0, 0.1) is 0 Å². The van der Waals surface area contributed by atoms with E-state index in [1.165, 1.54) is 6.33 Å². The lowest BCUT2D eigenvalue weighted by Gasteiger charge is -2.17. The number of hydrogen-bond acceptors (Lipinski definition) is 7. The Bertz CT molecular complexity index is 889. The summed E-state index contributed by atoms with van der Waals surface area (Å²) in [6, 6.07) is 9.17. The van der Waals surface area contributed by atoms with E-state index < -0.39 is 18.3 Å². The number of alkyl carbamates (subject to hydrolysis) is 1. The minimum absolute atomic E-state index is 0.0974. The number of carbonyl (C=O) groups is 1. The maximum Gasteiger partial charge on any atom is 0.407 e. The van der Waals surface area contributed by atoms with Crippen LogP contribution >= 0.6 is 11.6 Å². The van der Waals surface area contributed by atoms with E-state index >= 15 is 0 Å². The van der Waals surface area contributed by atoms with Gasteiger partial charge in [0.05, 0.1) is 11.1 Å². The van der Waals surface area contributed by atoms with Crippen molar-refractivity contribution in [3.8, 4) is 0 Å². The van der Waals surface area contributed by atoms with Gasteiger partial charge in [0.15, 0.2) is 5.65 Å². The molecule has 1 amide bonds. The minimum atomic E-state index is -1.38. The van der Waals surface area contributed by atoms with Gasteiger partial charge in [-0.05, 0) is 5.56 Å². The normalized spacial score (nSPS) is 13.3. The molecule has 0 spiro atoms. The van der Waals surface area contributed by atoms with E-state index in [1.54, 1.807) is 0 Å². The molecular weight excluding hydrogens is 362 g/mol. The number of halogens is 1. The van der Waals surface area contributed by atoms with Crippen molar-refractivity contribution in [1.82, 2.24) is 25.5 Å². The molecular formula is C16H16ClN5O4. The molecule has 4 N–H and O–H groups in total. The molecule has 10 heteroatoms. The van der Waals surface area contributed by atoms with Gasteiger partial charge in [-0.25, -0.2) is 14.8 Å². The molecule has 0 fully saturated rings. The zero-order valence-corrected chi connectivity index (χ0v) is 14.2. The van der Waals surface area contributed by atoms with E-state index in [2.05, 4.69) is 25.5 Å². The fourth-order valence-corrected chi connectivity index (χ4v) is 2.55. The molecule has 9 nitrogen and oxygen atoms in total. The van der Waals surface area contributed by atoms with Crippen LogP contribution in [0.1, 0.15) is 17.4 Å². The average Bonchev–Trinajstić information content (AvgIpc) is 3.10. The Balaban J connectivity index is 1.55. The highest BCUT2D eigenvalue weighted by molar-refractivity contribution is 6.34. The summed E-state index contributed by atoms with van der Waals surface area (Å²) < 4.78 is 5.03. The number of aromatic amines is 1. The summed E-state index contributed by atoms with van der Waals surface area (Å²) in [6.45, 7) is -0.135. The number of amides is 1. The molecule has 26 heavy (non-hydrogen) atoms. The Morgan fingerprint density at radius 3 is 2.81 bits per heavy atom. The number of fused-ring (bicyclic) bond motifs is 1. The Labute approximate surface area is 153 Å². The number of aromatic nitrogens is 4. The Kier molecular flexibility index (Phi) is 5.61. The summed E-state index contributed by atoms with van der Waals surface area (Å²) in [6.07, 6.45) is -2.17. The van der Waals surface area contributed by atoms with E-state index in [-0.39, 0.29) is 29.6 Å². The number of rotatable bonds is 6. The molecule has 0 aliphatic heterocycles. The van der Waals surface area contributed by atoms with Crippen molar-refractivity contribution in [2.24, 2.45) is 0 Å². The van der Waals surface area contributed by atoms with Gasteiger partial charge in [0.1, 0.15) is 30.3 Å². The van der Waals surface area contributed by atoms with Gasteiger partial charge in [0.25, 0.3) is 0 Å². The van der Waals surface area contributed by atoms with Gasteiger partial charge in [-0.3, -0.25) is 5.10 Å². The number of ether oxygens (including phenoxy) is 1. The van der Waals surface area contributed by atoms with E-state index in [9.17, 15) is 15.0 Å². The number of nitrogens with one attached hydrogen (secondary N) is 2. The highest BCUT2D eigenvalue weighted by atomic mass is 35.5. The number of carbonyl (C=O) groups excluding carboxylic acids is 1. The van der Waals surface area contributed by atoms with Crippen LogP contribution in [0.15, 0.2) is 36.7 Å². The first kappa shape index (κ1) is 18.1. The van der Waals surface area contributed by atoms with E-state index in [0.29, 0.717) is 5.39 Å². The highest BCUT2D eigenvalue weighted by Gasteiger charge is 2.25. The van der Waals surface area contributed by atoms with Crippen molar-refractivity contribution in [2.45, 2.75) is 18.8 Å². The monoisotopic (exact) mass is 377 g/mol. The fraction of sp³-hybridized carbons (Fsp3) is 0.250. The first-order valence-corrected chi connectivity index (χ1v) is 8.09. The Morgan fingerprint density at radius 2 is 2.04 bits per heavy atom. The maximum atomic E-state index is 11.7. The van der Waals surface area contributed by atoms with Gasteiger partial charge in [0, 0.05) is 6.54 Å². The zero-order chi connectivity index (χ0) is 18.5. The van der Waals surface area contributed by atoms with Crippen LogP contribution in [0.25, 0.3) is 11.0 Å². The van der Waals surface area contributed by atoms with Crippen molar-refractivity contribution in [2.75, 3.05) is 6.54 Å². The van der Waals surface area contributed by atoms with Crippen LogP contribution in [-0.2, 0) is 11.3 Å². The molecule has 2 heterocycles. The van der Waals surface area contributed by atoms with Crippen LogP contribution < -0.4 is 5.32 Å². The lowest BCUT2D eigenvalue weighted by atomic mass is 10.1. The average molecular weight is 378 g/mol. The molecule has 0 aliphatic carbocycles. The molecule has 3 rings (SSSR count). The number of benzene rings is 1. The number of aliphatic hydroxyl groups excluding tert-OH is 2. The van der Waals surface area contributed by atoms with Crippen LogP contribution in [0.3, 0.4) is 0 Å². The quantitative estimate of drug-likeness (QED) is 0.476. The van der Waals surface area contributed by atoms with Gasteiger partial charge in [0.2, 0.25) is 0 Å². The van der Waals surface area contributed by atoms with Crippen molar-refractivity contribution in [3.05, 3.63) is 53.1 Å². The predicted octanol–water partition coefficient (Wildman–Crippen LogP) is 1.33. The number of hydrogen-bond donors (Lipinski definition) is 4. The van der Waals surface area contributed by atoms with Gasteiger partial charge in [-0.15, -0.1) is 0 Å². The summed E-state index contributed by atoms with van der Waals surface area (Å²) in [7, 11) is 0. The van der Waals surface area contributed by atoms with Crippen LogP contribution in [0.2, 0.25) is 5.15 Å². The van der Waals surface area contributed by atoms with Gasteiger partial charge in [-0.2, -0.15) is 5.10 Å². The zero-order valence-electron chi connectivity index (χ0n) is 13.5. The Morgan fingerprint density at radius 1 is 1.27 bits per heavy atom. The maximum absolute atomic E-state index is 11.7. The third-order valence-electron chi connectivity index (χ3n) is 3.66. The van der Waals surface area contributed by atoms with Crippen molar-refractivity contribution in [3.63, 3.8) is 0 Å². The molecule has 136 valence electrons.